The molecule has 0 N–H and O–H groups in total. The number of likely N-dealkylation sites (tertiary alicyclic amines) is 2. The van der Waals surface area contributed by atoms with Crippen LogP contribution in [-0.4, -0.2) is 41.9 Å². The molecular weight excluding hydrogens is 228 g/mol. The highest BCUT2D eigenvalue weighted by Crippen LogP contribution is 2.18. The summed E-state index contributed by atoms with van der Waals surface area (Å²) < 4.78 is 5.69. The van der Waals surface area contributed by atoms with Gasteiger partial charge in [0, 0.05) is 13.1 Å². The molecule has 2 aliphatic rings. The lowest BCUT2D eigenvalue weighted by Crippen LogP contribution is -2.27. The standard InChI is InChI=1S/C14H20N2O2/c17-14(16-9-3-4-10-16)13-6-5-12(18-13)11-15-7-1-2-8-15/h5-6H,1-4,7-11H2. The van der Waals surface area contributed by atoms with E-state index in [4.69, 9.17) is 4.42 Å². The number of nitrogens with zero attached hydrogens (tertiary/aromatic N) is 2. The van der Waals surface area contributed by atoms with Gasteiger partial charge in [-0.15, -0.1) is 0 Å². The van der Waals surface area contributed by atoms with E-state index in [1.807, 2.05) is 17.0 Å². The second kappa shape index (κ2) is 5.14. The molecule has 4 heteroatoms. The van der Waals surface area contributed by atoms with Crippen LogP contribution in [0.5, 0.6) is 0 Å². The minimum atomic E-state index is 0.0557. The molecule has 0 bridgehead atoms. The van der Waals surface area contributed by atoms with Gasteiger partial charge in [0.15, 0.2) is 5.76 Å². The third-order valence-electron chi connectivity index (χ3n) is 3.84. The molecule has 0 spiro atoms. The number of hydrogen-bond donors (Lipinski definition) is 0. The topological polar surface area (TPSA) is 36.7 Å². The van der Waals surface area contributed by atoms with E-state index in [1.165, 1.54) is 12.8 Å². The predicted molar refractivity (Wildman–Crippen MR) is 68.4 cm³/mol. The first-order chi connectivity index (χ1) is 8.83. The smallest absolute Gasteiger partial charge is 0.289 e. The molecule has 1 aromatic rings. The molecule has 0 radical (unpaired) electrons. The van der Waals surface area contributed by atoms with Crippen LogP contribution < -0.4 is 0 Å². The quantitative estimate of drug-likeness (QED) is 0.822. The van der Waals surface area contributed by atoms with Crippen molar-refractivity contribution in [2.75, 3.05) is 26.2 Å². The number of furan rings is 1. The SMILES string of the molecule is O=C(c1ccc(CN2CCCC2)o1)N1CCCC1. The van der Waals surface area contributed by atoms with Gasteiger partial charge in [0.2, 0.25) is 0 Å². The van der Waals surface area contributed by atoms with Crippen molar-refractivity contribution >= 4 is 5.91 Å². The maximum Gasteiger partial charge on any atom is 0.289 e. The largest absolute Gasteiger partial charge is 0.455 e. The van der Waals surface area contributed by atoms with Crippen LogP contribution >= 0.6 is 0 Å². The first-order valence-electron chi connectivity index (χ1n) is 6.93. The Morgan fingerprint density at radius 1 is 1.06 bits per heavy atom. The van der Waals surface area contributed by atoms with Gasteiger partial charge in [-0.05, 0) is 50.9 Å². The van der Waals surface area contributed by atoms with Crippen LogP contribution in [0.1, 0.15) is 42.0 Å². The summed E-state index contributed by atoms with van der Waals surface area (Å²) in [7, 11) is 0. The van der Waals surface area contributed by atoms with Crippen LogP contribution in [0.4, 0.5) is 0 Å². The van der Waals surface area contributed by atoms with E-state index in [-0.39, 0.29) is 5.91 Å². The molecule has 0 atom stereocenters. The average Bonchev–Trinajstić information content (AvgIpc) is 3.11. The van der Waals surface area contributed by atoms with Crippen molar-refractivity contribution in [2.45, 2.75) is 32.2 Å². The molecule has 4 nitrogen and oxygen atoms in total. The Morgan fingerprint density at radius 2 is 1.72 bits per heavy atom. The normalized spacial score (nSPS) is 20.8. The minimum Gasteiger partial charge on any atom is -0.455 e. The van der Waals surface area contributed by atoms with Gasteiger partial charge in [0.25, 0.3) is 5.91 Å². The number of rotatable bonds is 3. The molecule has 2 fully saturated rings. The highest BCUT2D eigenvalue weighted by Gasteiger charge is 2.22. The Kier molecular flexibility index (Phi) is 3.37. The Morgan fingerprint density at radius 3 is 2.44 bits per heavy atom. The lowest BCUT2D eigenvalue weighted by atomic mass is 10.3. The maximum atomic E-state index is 12.1. The number of hydrogen-bond acceptors (Lipinski definition) is 3. The van der Waals surface area contributed by atoms with Crippen LogP contribution in [0.25, 0.3) is 0 Å². The van der Waals surface area contributed by atoms with Gasteiger partial charge in [-0.2, -0.15) is 0 Å². The molecule has 1 aromatic heterocycles. The second-order valence-electron chi connectivity index (χ2n) is 5.25. The summed E-state index contributed by atoms with van der Waals surface area (Å²) >= 11 is 0. The summed E-state index contributed by atoms with van der Waals surface area (Å²) in [4.78, 5) is 16.4. The van der Waals surface area contributed by atoms with Crippen molar-refractivity contribution in [3.8, 4) is 0 Å². The van der Waals surface area contributed by atoms with Crippen molar-refractivity contribution in [1.82, 2.24) is 9.80 Å². The van der Waals surface area contributed by atoms with Crippen molar-refractivity contribution in [2.24, 2.45) is 0 Å². The number of amides is 1. The summed E-state index contributed by atoms with van der Waals surface area (Å²) in [6.45, 7) is 4.89. The fourth-order valence-electron chi connectivity index (χ4n) is 2.82. The minimum absolute atomic E-state index is 0.0557. The molecule has 2 saturated heterocycles. The third kappa shape index (κ3) is 2.43. The summed E-state index contributed by atoms with van der Waals surface area (Å²) in [6, 6.07) is 3.77. The maximum absolute atomic E-state index is 12.1. The summed E-state index contributed by atoms with van der Waals surface area (Å²) in [6.07, 6.45) is 4.79. The van der Waals surface area contributed by atoms with Gasteiger partial charge < -0.3 is 9.32 Å². The Hall–Kier alpha value is -1.29. The van der Waals surface area contributed by atoms with Crippen LogP contribution in [0, 0.1) is 0 Å². The Balaban J connectivity index is 1.63. The lowest BCUT2D eigenvalue weighted by Gasteiger charge is -2.13. The Labute approximate surface area is 108 Å². The average molecular weight is 248 g/mol. The summed E-state index contributed by atoms with van der Waals surface area (Å²) in [5.74, 6) is 1.48. The molecule has 3 heterocycles. The van der Waals surface area contributed by atoms with Crippen LogP contribution in [0.2, 0.25) is 0 Å². The third-order valence-corrected chi connectivity index (χ3v) is 3.84. The molecule has 0 unspecified atom stereocenters. The van der Waals surface area contributed by atoms with Gasteiger partial charge in [-0.1, -0.05) is 0 Å². The lowest BCUT2D eigenvalue weighted by molar-refractivity contribution is 0.0757. The molecule has 3 rings (SSSR count). The first-order valence-corrected chi connectivity index (χ1v) is 6.93. The van der Waals surface area contributed by atoms with E-state index >= 15 is 0 Å². The summed E-state index contributed by atoms with van der Waals surface area (Å²) in [5, 5.41) is 0. The number of carbonyl (C=O) groups is 1. The molecular formula is C14H20N2O2. The van der Waals surface area contributed by atoms with E-state index in [0.29, 0.717) is 5.76 Å². The zero-order valence-corrected chi connectivity index (χ0v) is 10.7. The highest BCUT2D eigenvalue weighted by atomic mass is 16.4. The van der Waals surface area contributed by atoms with E-state index in [9.17, 15) is 4.79 Å². The van der Waals surface area contributed by atoms with E-state index in [1.54, 1.807) is 0 Å². The van der Waals surface area contributed by atoms with Gasteiger partial charge in [-0.25, -0.2) is 0 Å². The van der Waals surface area contributed by atoms with E-state index in [2.05, 4.69) is 4.90 Å². The molecule has 18 heavy (non-hydrogen) atoms. The molecule has 0 saturated carbocycles. The zero-order valence-electron chi connectivity index (χ0n) is 10.7. The van der Waals surface area contributed by atoms with Crippen molar-refractivity contribution < 1.29 is 9.21 Å². The zero-order chi connectivity index (χ0) is 12.4. The molecule has 0 aromatic carbocycles. The predicted octanol–water partition coefficient (Wildman–Crippen LogP) is 2.11. The van der Waals surface area contributed by atoms with E-state index < -0.39 is 0 Å². The van der Waals surface area contributed by atoms with Crippen molar-refractivity contribution in [1.29, 1.82) is 0 Å². The highest BCUT2D eigenvalue weighted by molar-refractivity contribution is 5.91. The van der Waals surface area contributed by atoms with Crippen LogP contribution in [-0.2, 0) is 6.54 Å². The molecule has 0 aliphatic carbocycles. The second-order valence-corrected chi connectivity index (χ2v) is 5.25. The Bertz CT molecular complexity index is 415. The van der Waals surface area contributed by atoms with Gasteiger partial charge in [0.05, 0.1) is 6.54 Å². The fraction of sp³-hybridized carbons (Fsp3) is 0.643. The van der Waals surface area contributed by atoms with Crippen LogP contribution in [0.3, 0.4) is 0 Å². The molecule has 1 amide bonds. The van der Waals surface area contributed by atoms with Gasteiger partial charge in [-0.3, -0.25) is 9.69 Å². The van der Waals surface area contributed by atoms with Crippen LogP contribution in [0.15, 0.2) is 16.5 Å². The van der Waals surface area contributed by atoms with Gasteiger partial charge >= 0.3 is 0 Å². The first kappa shape index (κ1) is 11.8. The summed E-state index contributed by atoms with van der Waals surface area (Å²) in [5.41, 5.74) is 0. The van der Waals surface area contributed by atoms with E-state index in [0.717, 1.165) is 51.3 Å². The number of carbonyl (C=O) groups excluding carboxylic acids is 1. The van der Waals surface area contributed by atoms with Crippen molar-refractivity contribution in [3.63, 3.8) is 0 Å². The molecule has 2 aliphatic heterocycles. The van der Waals surface area contributed by atoms with Gasteiger partial charge in [0.1, 0.15) is 5.76 Å². The fourth-order valence-corrected chi connectivity index (χ4v) is 2.82. The monoisotopic (exact) mass is 248 g/mol. The molecule has 98 valence electrons. The van der Waals surface area contributed by atoms with Crippen molar-refractivity contribution in [3.05, 3.63) is 23.7 Å².